The third-order valence-electron chi connectivity index (χ3n) is 3.65. The van der Waals surface area contributed by atoms with Gasteiger partial charge in [0.15, 0.2) is 6.10 Å². The minimum Gasteiger partial charge on any atom is -0.479 e. The number of hydrogen-bond donors (Lipinski definition) is 2. The maximum absolute atomic E-state index is 10.8. The molecular formula is C16H23NO4. The van der Waals surface area contributed by atoms with Crippen molar-refractivity contribution in [2.45, 2.75) is 45.1 Å². The van der Waals surface area contributed by atoms with Gasteiger partial charge >= 0.3 is 5.97 Å². The van der Waals surface area contributed by atoms with E-state index in [0.717, 1.165) is 13.0 Å². The molecular weight excluding hydrogens is 270 g/mol. The van der Waals surface area contributed by atoms with Crippen LogP contribution in [0.2, 0.25) is 0 Å². The number of carboxylic acids is 1. The first-order chi connectivity index (χ1) is 10.2. The lowest BCUT2D eigenvalue weighted by molar-refractivity contribution is -0.149. The van der Waals surface area contributed by atoms with E-state index in [1.165, 1.54) is 11.1 Å². The summed E-state index contributed by atoms with van der Waals surface area (Å²) in [5, 5.41) is 12.2. The lowest BCUT2D eigenvalue weighted by Gasteiger charge is -2.14. The highest BCUT2D eigenvalue weighted by Crippen LogP contribution is 2.19. The quantitative estimate of drug-likeness (QED) is 0.767. The molecule has 0 aromatic heterocycles. The van der Waals surface area contributed by atoms with Crippen LogP contribution in [0.25, 0.3) is 0 Å². The van der Waals surface area contributed by atoms with Gasteiger partial charge in [-0.1, -0.05) is 24.3 Å². The lowest BCUT2D eigenvalue weighted by atomic mass is 10.1. The van der Waals surface area contributed by atoms with E-state index in [0.29, 0.717) is 26.2 Å². The van der Waals surface area contributed by atoms with Gasteiger partial charge < -0.3 is 19.9 Å². The Hall–Kier alpha value is -1.43. The molecule has 2 rings (SSSR count). The predicted octanol–water partition coefficient (Wildman–Crippen LogP) is 1.94. The van der Waals surface area contributed by atoms with Gasteiger partial charge in [-0.05, 0) is 30.9 Å². The molecule has 2 atom stereocenters. The number of hydrogen-bond acceptors (Lipinski definition) is 4. The molecule has 116 valence electrons. The van der Waals surface area contributed by atoms with Crippen LogP contribution < -0.4 is 5.32 Å². The summed E-state index contributed by atoms with van der Waals surface area (Å²) in [6.45, 7) is 4.72. The average molecular weight is 293 g/mol. The van der Waals surface area contributed by atoms with Crippen LogP contribution in [0, 0.1) is 0 Å². The van der Waals surface area contributed by atoms with Crippen LogP contribution in [0.1, 0.15) is 30.9 Å². The van der Waals surface area contributed by atoms with Crippen molar-refractivity contribution in [2.24, 2.45) is 0 Å². The Labute approximate surface area is 125 Å². The zero-order valence-electron chi connectivity index (χ0n) is 12.4. The van der Waals surface area contributed by atoms with Gasteiger partial charge in [0.25, 0.3) is 0 Å². The third-order valence-corrected chi connectivity index (χ3v) is 3.65. The van der Waals surface area contributed by atoms with Crippen LogP contribution in [0.3, 0.4) is 0 Å². The van der Waals surface area contributed by atoms with Crippen LogP contribution in [0.5, 0.6) is 0 Å². The molecule has 1 fully saturated rings. The van der Waals surface area contributed by atoms with Crippen molar-refractivity contribution in [3.8, 4) is 0 Å². The van der Waals surface area contributed by atoms with Crippen molar-refractivity contribution in [3.05, 3.63) is 35.4 Å². The Morgan fingerprint density at radius 1 is 1.38 bits per heavy atom. The molecule has 0 bridgehead atoms. The van der Waals surface area contributed by atoms with Crippen molar-refractivity contribution < 1.29 is 19.4 Å². The Kier molecular flexibility index (Phi) is 6.17. The SMILES string of the molecule is CCOCc1ccccc1CNCC1CCC(C(=O)O)O1. The van der Waals surface area contributed by atoms with E-state index >= 15 is 0 Å². The van der Waals surface area contributed by atoms with Gasteiger partial charge in [-0.15, -0.1) is 0 Å². The fraction of sp³-hybridized carbons (Fsp3) is 0.562. The number of aliphatic carboxylic acids is 1. The number of nitrogens with one attached hydrogen (secondary N) is 1. The molecule has 1 aromatic carbocycles. The van der Waals surface area contributed by atoms with E-state index in [1.807, 2.05) is 19.1 Å². The second-order valence-corrected chi connectivity index (χ2v) is 5.20. The molecule has 21 heavy (non-hydrogen) atoms. The highest BCUT2D eigenvalue weighted by atomic mass is 16.5. The summed E-state index contributed by atoms with van der Waals surface area (Å²) in [5.41, 5.74) is 2.39. The van der Waals surface area contributed by atoms with Gasteiger partial charge in [-0.2, -0.15) is 0 Å². The van der Waals surface area contributed by atoms with E-state index in [2.05, 4.69) is 17.4 Å². The van der Waals surface area contributed by atoms with Gasteiger partial charge in [-0.25, -0.2) is 4.79 Å². The molecule has 1 heterocycles. The zero-order chi connectivity index (χ0) is 15.1. The molecule has 1 saturated heterocycles. The second kappa shape index (κ2) is 8.12. The molecule has 5 heteroatoms. The summed E-state index contributed by atoms with van der Waals surface area (Å²) >= 11 is 0. The van der Waals surface area contributed by atoms with Crippen LogP contribution in [-0.4, -0.2) is 36.4 Å². The maximum atomic E-state index is 10.8. The highest BCUT2D eigenvalue weighted by Gasteiger charge is 2.29. The molecule has 1 aliphatic heterocycles. The molecule has 0 radical (unpaired) electrons. The fourth-order valence-corrected chi connectivity index (χ4v) is 2.49. The van der Waals surface area contributed by atoms with Crippen molar-refractivity contribution >= 4 is 5.97 Å². The highest BCUT2D eigenvalue weighted by molar-refractivity contribution is 5.72. The topological polar surface area (TPSA) is 67.8 Å². The first-order valence-corrected chi connectivity index (χ1v) is 7.44. The zero-order valence-corrected chi connectivity index (χ0v) is 12.4. The van der Waals surface area contributed by atoms with E-state index in [4.69, 9.17) is 14.6 Å². The van der Waals surface area contributed by atoms with Crippen LogP contribution >= 0.6 is 0 Å². The Bertz CT molecular complexity index is 463. The molecule has 5 nitrogen and oxygen atoms in total. The molecule has 0 saturated carbocycles. The maximum Gasteiger partial charge on any atom is 0.332 e. The van der Waals surface area contributed by atoms with Gasteiger partial charge in [0.1, 0.15) is 0 Å². The van der Waals surface area contributed by atoms with Crippen molar-refractivity contribution in [2.75, 3.05) is 13.2 Å². The lowest BCUT2D eigenvalue weighted by Crippen LogP contribution is -2.28. The largest absolute Gasteiger partial charge is 0.479 e. The van der Waals surface area contributed by atoms with Gasteiger partial charge in [0, 0.05) is 19.7 Å². The summed E-state index contributed by atoms with van der Waals surface area (Å²) in [7, 11) is 0. The predicted molar refractivity (Wildman–Crippen MR) is 79.0 cm³/mol. The van der Waals surface area contributed by atoms with Crippen molar-refractivity contribution in [1.82, 2.24) is 5.32 Å². The summed E-state index contributed by atoms with van der Waals surface area (Å²) in [5.74, 6) is -0.862. The normalized spacial score (nSPS) is 21.6. The van der Waals surface area contributed by atoms with Gasteiger partial charge in [-0.3, -0.25) is 0 Å². The monoisotopic (exact) mass is 293 g/mol. The minimum absolute atomic E-state index is 0.00912. The summed E-state index contributed by atoms with van der Waals surface area (Å²) in [6, 6.07) is 8.17. The second-order valence-electron chi connectivity index (χ2n) is 5.20. The molecule has 1 aromatic rings. The fourth-order valence-electron chi connectivity index (χ4n) is 2.49. The first kappa shape index (κ1) is 15.9. The van der Waals surface area contributed by atoms with Crippen molar-refractivity contribution in [3.63, 3.8) is 0 Å². The average Bonchev–Trinajstić information content (AvgIpc) is 2.95. The number of carboxylic acid groups (broad SMARTS) is 1. The smallest absolute Gasteiger partial charge is 0.332 e. The summed E-state index contributed by atoms with van der Waals surface area (Å²) in [6.07, 6.45) is 0.750. The van der Waals surface area contributed by atoms with E-state index < -0.39 is 12.1 Å². The number of rotatable bonds is 8. The van der Waals surface area contributed by atoms with E-state index in [9.17, 15) is 4.79 Å². The van der Waals surface area contributed by atoms with Crippen LogP contribution in [0.4, 0.5) is 0 Å². The molecule has 1 aliphatic rings. The Morgan fingerprint density at radius 3 is 2.81 bits per heavy atom. The first-order valence-electron chi connectivity index (χ1n) is 7.44. The standard InChI is InChI=1S/C16H23NO4/c1-2-20-11-13-6-4-3-5-12(13)9-17-10-14-7-8-15(21-14)16(18)19/h3-6,14-15,17H,2,7-11H2,1H3,(H,18,19). The van der Waals surface area contributed by atoms with Crippen molar-refractivity contribution in [1.29, 1.82) is 0 Å². The van der Waals surface area contributed by atoms with E-state index in [1.54, 1.807) is 0 Å². The van der Waals surface area contributed by atoms with Gasteiger partial charge in [0.05, 0.1) is 12.7 Å². The summed E-state index contributed by atoms with van der Waals surface area (Å²) < 4.78 is 10.9. The number of ether oxygens (including phenoxy) is 2. The Morgan fingerprint density at radius 2 is 2.14 bits per heavy atom. The number of carbonyl (C=O) groups is 1. The van der Waals surface area contributed by atoms with Crippen LogP contribution in [-0.2, 0) is 27.4 Å². The molecule has 2 unspecified atom stereocenters. The van der Waals surface area contributed by atoms with Gasteiger partial charge in [0.2, 0.25) is 0 Å². The van der Waals surface area contributed by atoms with Crippen LogP contribution in [0.15, 0.2) is 24.3 Å². The molecule has 0 aliphatic carbocycles. The number of benzene rings is 1. The molecule has 0 spiro atoms. The molecule has 2 N–H and O–H groups in total. The summed E-state index contributed by atoms with van der Waals surface area (Å²) in [4.78, 5) is 10.8. The minimum atomic E-state index is -0.862. The Balaban J connectivity index is 1.77. The van der Waals surface area contributed by atoms with E-state index in [-0.39, 0.29) is 6.10 Å². The molecule has 0 amide bonds. The third kappa shape index (κ3) is 4.81.